The first-order chi connectivity index (χ1) is 17.3. The number of aromatic amines is 1. The van der Waals surface area contributed by atoms with E-state index < -0.39 is 0 Å². The maximum Gasteiger partial charge on any atom is 0.152 e. The number of hydrogen-bond acceptors (Lipinski definition) is 6. The molecule has 1 aliphatic heterocycles. The first-order valence-corrected chi connectivity index (χ1v) is 14.2. The van der Waals surface area contributed by atoms with Crippen molar-refractivity contribution in [2.75, 3.05) is 5.32 Å². The minimum absolute atomic E-state index is 0.203. The van der Waals surface area contributed by atoms with Crippen LogP contribution >= 0.6 is 11.9 Å². The summed E-state index contributed by atoms with van der Waals surface area (Å²) in [6.07, 6.45) is 6.15. The van der Waals surface area contributed by atoms with Crippen molar-refractivity contribution in [1.29, 1.82) is 0 Å². The summed E-state index contributed by atoms with van der Waals surface area (Å²) in [5.41, 5.74) is 3.47. The van der Waals surface area contributed by atoms with Crippen LogP contribution in [0.2, 0.25) is 0 Å². The zero-order valence-electron chi connectivity index (χ0n) is 23.3. The standard InChI is InChI=1S/C22H29FN6S.C4H10.C2H6/c1-4-24-27-18(13(2)3)10-14-5-6-15(9-14)19-11-21(29-28-19)26-17-7-8-20-16(22(17)23)12-25-30-20;1-4(2)3;1-2/h4,7-8,11,13-15,25H,5-6,9-10,12H2,1-3H3,(H2,26,28,29);4H,1-3H3;1-2H3/b24-4-,27-18-;;. The lowest BCUT2D eigenvalue weighted by Gasteiger charge is -2.14. The molecule has 200 valence electrons. The lowest BCUT2D eigenvalue weighted by atomic mass is 9.93. The number of rotatable bonds is 7. The van der Waals surface area contributed by atoms with Crippen molar-refractivity contribution < 1.29 is 4.39 Å². The minimum atomic E-state index is -0.203. The SMILES string of the molecule is C/C=N\N=C(\CC1CCC(c2cc(Nc3ccc4c(c3F)CNS4)n[nH]2)C1)C(C)C.CC.CC(C)C. The van der Waals surface area contributed by atoms with Gasteiger partial charge in [-0.25, -0.2) is 4.39 Å². The number of nitrogens with zero attached hydrogens (tertiary/aromatic N) is 3. The monoisotopic (exact) mass is 516 g/mol. The van der Waals surface area contributed by atoms with E-state index in [4.69, 9.17) is 0 Å². The van der Waals surface area contributed by atoms with E-state index in [1.165, 1.54) is 24.1 Å². The smallest absolute Gasteiger partial charge is 0.152 e. The lowest BCUT2D eigenvalue weighted by molar-refractivity contribution is 0.547. The topological polar surface area (TPSA) is 77.5 Å². The summed E-state index contributed by atoms with van der Waals surface area (Å²) in [6.45, 7) is 17.3. The Morgan fingerprint density at radius 3 is 2.61 bits per heavy atom. The van der Waals surface area contributed by atoms with Gasteiger partial charge in [0.25, 0.3) is 0 Å². The van der Waals surface area contributed by atoms with Gasteiger partial charge in [0.2, 0.25) is 0 Å². The van der Waals surface area contributed by atoms with Crippen molar-refractivity contribution in [3.8, 4) is 0 Å². The van der Waals surface area contributed by atoms with Crippen LogP contribution in [0.1, 0.15) is 98.2 Å². The summed E-state index contributed by atoms with van der Waals surface area (Å²) >= 11 is 1.47. The van der Waals surface area contributed by atoms with Gasteiger partial charge in [-0.1, -0.05) is 48.5 Å². The summed E-state index contributed by atoms with van der Waals surface area (Å²) < 4.78 is 17.8. The van der Waals surface area contributed by atoms with E-state index in [1.807, 2.05) is 32.9 Å². The lowest BCUT2D eigenvalue weighted by Crippen LogP contribution is -2.12. The van der Waals surface area contributed by atoms with Crippen LogP contribution in [-0.4, -0.2) is 22.1 Å². The van der Waals surface area contributed by atoms with Gasteiger partial charge in [0.15, 0.2) is 11.6 Å². The molecule has 6 nitrogen and oxygen atoms in total. The van der Waals surface area contributed by atoms with Crippen LogP contribution < -0.4 is 10.0 Å². The van der Waals surface area contributed by atoms with Gasteiger partial charge < -0.3 is 5.32 Å². The Hall–Kier alpha value is -2.19. The molecule has 1 aromatic carbocycles. The van der Waals surface area contributed by atoms with Gasteiger partial charge in [-0.3, -0.25) is 9.82 Å². The number of anilines is 2. The van der Waals surface area contributed by atoms with Crippen molar-refractivity contribution in [2.24, 2.45) is 28.0 Å². The third-order valence-corrected chi connectivity index (χ3v) is 6.83. The van der Waals surface area contributed by atoms with Gasteiger partial charge in [-0.15, -0.1) is 0 Å². The Balaban J connectivity index is 0.000000694. The largest absolute Gasteiger partial charge is 0.336 e. The highest BCUT2D eigenvalue weighted by molar-refractivity contribution is 7.97. The molecule has 2 heterocycles. The van der Waals surface area contributed by atoms with Crippen molar-refractivity contribution in [3.63, 3.8) is 0 Å². The van der Waals surface area contributed by atoms with Crippen molar-refractivity contribution in [1.82, 2.24) is 14.9 Å². The van der Waals surface area contributed by atoms with Gasteiger partial charge in [0, 0.05) is 46.6 Å². The first-order valence-electron chi connectivity index (χ1n) is 13.4. The van der Waals surface area contributed by atoms with Gasteiger partial charge in [0.1, 0.15) is 0 Å². The molecule has 1 fully saturated rings. The molecule has 36 heavy (non-hydrogen) atoms. The quantitative estimate of drug-likeness (QED) is 0.196. The molecule has 1 saturated carbocycles. The Morgan fingerprint density at radius 1 is 1.22 bits per heavy atom. The summed E-state index contributed by atoms with van der Waals surface area (Å²) in [4.78, 5) is 0.951. The van der Waals surface area contributed by atoms with Crippen LogP contribution in [0.25, 0.3) is 0 Å². The number of halogens is 1. The highest BCUT2D eigenvalue weighted by atomic mass is 32.2. The second-order valence-electron chi connectivity index (χ2n) is 10.1. The molecular weight excluding hydrogens is 471 g/mol. The maximum atomic E-state index is 14.7. The summed E-state index contributed by atoms with van der Waals surface area (Å²) in [5, 5.41) is 19.2. The predicted molar refractivity (Wildman–Crippen MR) is 154 cm³/mol. The van der Waals surface area contributed by atoms with E-state index in [0.29, 0.717) is 35.8 Å². The molecule has 0 bridgehead atoms. The van der Waals surface area contributed by atoms with Crippen LogP contribution in [-0.2, 0) is 6.54 Å². The van der Waals surface area contributed by atoms with Crippen molar-refractivity contribution >= 4 is 35.4 Å². The normalized spacial score (nSPS) is 19.2. The number of fused-ring (bicyclic) bond motifs is 1. The third kappa shape index (κ3) is 8.73. The minimum Gasteiger partial charge on any atom is -0.336 e. The molecule has 2 unspecified atom stereocenters. The summed E-state index contributed by atoms with van der Waals surface area (Å²) in [6, 6.07) is 5.74. The number of hydrogen-bond donors (Lipinski definition) is 3. The van der Waals surface area contributed by atoms with Gasteiger partial charge >= 0.3 is 0 Å². The van der Waals surface area contributed by atoms with Crippen molar-refractivity contribution in [2.45, 2.75) is 98.4 Å². The highest BCUT2D eigenvalue weighted by Gasteiger charge is 2.29. The van der Waals surface area contributed by atoms with E-state index in [-0.39, 0.29) is 5.82 Å². The third-order valence-electron chi connectivity index (χ3n) is 5.94. The molecule has 3 N–H and O–H groups in total. The Labute approximate surface area is 221 Å². The molecule has 1 aromatic heterocycles. The Morgan fingerprint density at radius 2 is 1.94 bits per heavy atom. The van der Waals surface area contributed by atoms with E-state index >= 15 is 0 Å². The van der Waals surface area contributed by atoms with Crippen molar-refractivity contribution in [3.05, 3.63) is 35.3 Å². The highest BCUT2D eigenvalue weighted by Crippen LogP contribution is 2.40. The first kappa shape index (κ1) is 30.0. The summed E-state index contributed by atoms with van der Waals surface area (Å²) in [7, 11) is 0. The second-order valence-corrected chi connectivity index (χ2v) is 11.0. The van der Waals surface area contributed by atoms with Crippen LogP contribution in [0.3, 0.4) is 0 Å². The van der Waals surface area contributed by atoms with Gasteiger partial charge in [-0.05, 0) is 74.4 Å². The Bertz CT molecular complexity index is 995. The molecular formula is C28H45FN6S. The average Bonchev–Trinajstić information content (AvgIpc) is 3.60. The summed E-state index contributed by atoms with van der Waals surface area (Å²) in [5.74, 6) is 2.76. The fourth-order valence-corrected chi connectivity index (χ4v) is 5.05. The molecule has 1 aliphatic carbocycles. The maximum absolute atomic E-state index is 14.7. The predicted octanol–water partition coefficient (Wildman–Crippen LogP) is 8.47. The molecule has 4 rings (SSSR count). The zero-order valence-corrected chi connectivity index (χ0v) is 24.1. The molecule has 2 aliphatic rings. The molecule has 0 spiro atoms. The average molecular weight is 517 g/mol. The fourth-order valence-electron chi connectivity index (χ4n) is 4.26. The van der Waals surface area contributed by atoms with E-state index in [9.17, 15) is 4.39 Å². The second kappa shape index (κ2) is 15.2. The molecule has 0 radical (unpaired) electrons. The molecule has 2 aromatic rings. The van der Waals surface area contributed by atoms with Crippen LogP contribution in [0.5, 0.6) is 0 Å². The number of benzene rings is 1. The van der Waals surface area contributed by atoms with Gasteiger partial charge in [0.05, 0.1) is 5.69 Å². The van der Waals surface area contributed by atoms with E-state index in [0.717, 1.165) is 41.3 Å². The number of aromatic nitrogens is 2. The zero-order chi connectivity index (χ0) is 26.7. The van der Waals surface area contributed by atoms with Crippen LogP contribution in [0.4, 0.5) is 15.9 Å². The Kier molecular flexibility index (Phi) is 12.6. The van der Waals surface area contributed by atoms with Crippen LogP contribution in [0.15, 0.2) is 33.3 Å². The molecule has 8 heteroatoms. The number of H-pyrrole nitrogens is 1. The van der Waals surface area contributed by atoms with E-state index in [2.05, 4.69) is 65.1 Å². The molecule has 0 saturated heterocycles. The molecule has 2 atom stereocenters. The fraction of sp³-hybridized carbons (Fsp3) is 0.607. The van der Waals surface area contributed by atoms with E-state index in [1.54, 1.807) is 12.3 Å². The van der Waals surface area contributed by atoms with Crippen LogP contribution in [0, 0.1) is 23.6 Å². The molecule has 0 amide bonds. The van der Waals surface area contributed by atoms with Gasteiger partial charge in [-0.2, -0.15) is 15.3 Å². The number of nitrogens with one attached hydrogen (secondary N) is 3.